The fourth-order valence-corrected chi connectivity index (χ4v) is 1.78. The normalized spacial score (nSPS) is 12.0. The van der Waals surface area contributed by atoms with Crippen LogP contribution in [-0.2, 0) is 12.6 Å². The van der Waals surface area contributed by atoms with Crippen LogP contribution in [-0.4, -0.2) is 11.7 Å². The van der Waals surface area contributed by atoms with Gasteiger partial charge in [-0.15, -0.1) is 0 Å². The minimum Gasteiger partial charge on any atom is -0.396 e. The molecule has 0 spiro atoms. The Morgan fingerprint density at radius 3 is 2.50 bits per heavy atom. The summed E-state index contributed by atoms with van der Waals surface area (Å²) in [6, 6.07) is 0. The topological polar surface area (TPSA) is 20.2 Å². The van der Waals surface area contributed by atoms with E-state index in [0.717, 1.165) is 16.7 Å². The van der Waals surface area contributed by atoms with E-state index in [9.17, 15) is 13.2 Å². The number of hydrogen-bond acceptors (Lipinski definition) is 2. The van der Waals surface area contributed by atoms with Crippen LogP contribution in [0.5, 0.6) is 0 Å². The average Bonchev–Trinajstić information content (AvgIpc) is 2.34. The van der Waals surface area contributed by atoms with E-state index in [0.29, 0.717) is 0 Å². The number of aliphatic hydroxyl groups is 1. The lowest BCUT2D eigenvalue weighted by atomic mass is 10.1. The Bertz CT molecular complexity index is 253. The Balaban J connectivity index is 2.91. The van der Waals surface area contributed by atoms with E-state index < -0.39 is 11.7 Å². The SMILES string of the molecule is OCCc1cscc1C(F)(F)F. The van der Waals surface area contributed by atoms with E-state index in [2.05, 4.69) is 0 Å². The highest BCUT2D eigenvalue weighted by molar-refractivity contribution is 7.08. The Morgan fingerprint density at radius 2 is 2.00 bits per heavy atom. The Labute approximate surface area is 71.5 Å². The molecule has 0 saturated heterocycles. The van der Waals surface area contributed by atoms with Gasteiger partial charge in [0.1, 0.15) is 0 Å². The van der Waals surface area contributed by atoms with Crippen LogP contribution in [0.4, 0.5) is 13.2 Å². The molecule has 12 heavy (non-hydrogen) atoms. The smallest absolute Gasteiger partial charge is 0.396 e. The van der Waals surface area contributed by atoms with E-state index in [1.54, 1.807) is 0 Å². The summed E-state index contributed by atoms with van der Waals surface area (Å²) < 4.78 is 36.4. The van der Waals surface area contributed by atoms with Crippen molar-refractivity contribution in [1.82, 2.24) is 0 Å². The molecule has 0 fully saturated rings. The summed E-state index contributed by atoms with van der Waals surface area (Å²) in [5, 5.41) is 10.9. The summed E-state index contributed by atoms with van der Waals surface area (Å²) in [6.45, 7) is -0.250. The van der Waals surface area contributed by atoms with Crippen molar-refractivity contribution in [3.63, 3.8) is 0 Å². The number of rotatable bonds is 2. The molecule has 0 radical (unpaired) electrons. The molecule has 1 heterocycles. The van der Waals surface area contributed by atoms with Crippen LogP contribution in [0, 0.1) is 0 Å². The van der Waals surface area contributed by atoms with Gasteiger partial charge in [0.15, 0.2) is 0 Å². The quantitative estimate of drug-likeness (QED) is 0.769. The van der Waals surface area contributed by atoms with Crippen molar-refractivity contribution in [2.75, 3.05) is 6.61 Å². The zero-order valence-electron chi connectivity index (χ0n) is 6.06. The van der Waals surface area contributed by atoms with Gasteiger partial charge >= 0.3 is 6.18 Å². The number of halogens is 3. The second kappa shape index (κ2) is 3.45. The highest BCUT2D eigenvalue weighted by atomic mass is 32.1. The molecule has 0 aliphatic rings. The second-order valence-corrected chi connectivity index (χ2v) is 3.03. The molecule has 0 bridgehead atoms. The van der Waals surface area contributed by atoms with E-state index >= 15 is 0 Å². The molecule has 5 heteroatoms. The van der Waals surface area contributed by atoms with Crippen molar-refractivity contribution in [2.24, 2.45) is 0 Å². The predicted molar refractivity (Wildman–Crippen MR) is 40.1 cm³/mol. The molecule has 1 rings (SSSR count). The van der Waals surface area contributed by atoms with Gasteiger partial charge in [0.25, 0.3) is 0 Å². The van der Waals surface area contributed by atoms with Crippen LogP contribution in [0.2, 0.25) is 0 Å². The van der Waals surface area contributed by atoms with Gasteiger partial charge in [0.2, 0.25) is 0 Å². The molecule has 0 aromatic carbocycles. The van der Waals surface area contributed by atoms with E-state index in [4.69, 9.17) is 5.11 Å². The summed E-state index contributed by atoms with van der Waals surface area (Å²) >= 11 is 1.00. The van der Waals surface area contributed by atoms with Crippen LogP contribution in [0.15, 0.2) is 10.8 Å². The summed E-state index contributed by atoms with van der Waals surface area (Å²) in [5.74, 6) is 0. The van der Waals surface area contributed by atoms with Crippen LogP contribution in [0.1, 0.15) is 11.1 Å². The van der Waals surface area contributed by atoms with Crippen LogP contribution >= 0.6 is 11.3 Å². The van der Waals surface area contributed by atoms with Gasteiger partial charge in [0, 0.05) is 12.0 Å². The maximum Gasteiger partial charge on any atom is 0.417 e. The number of aliphatic hydroxyl groups excluding tert-OH is 1. The first-order valence-electron chi connectivity index (χ1n) is 3.29. The van der Waals surface area contributed by atoms with Gasteiger partial charge in [-0.25, -0.2) is 0 Å². The molecule has 1 aromatic rings. The monoisotopic (exact) mass is 196 g/mol. The van der Waals surface area contributed by atoms with E-state index in [-0.39, 0.29) is 18.6 Å². The summed E-state index contributed by atoms with van der Waals surface area (Å²) in [4.78, 5) is 0. The van der Waals surface area contributed by atoms with Crippen molar-refractivity contribution in [3.05, 3.63) is 21.9 Å². The minimum atomic E-state index is -4.29. The van der Waals surface area contributed by atoms with Crippen molar-refractivity contribution >= 4 is 11.3 Å². The standard InChI is InChI=1S/C7H7F3OS/c8-7(9,10)6-4-12-3-5(6)1-2-11/h3-4,11H,1-2H2. The van der Waals surface area contributed by atoms with E-state index in [1.165, 1.54) is 5.38 Å². The lowest BCUT2D eigenvalue weighted by Gasteiger charge is -2.06. The lowest BCUT2D eigenvalue weighted by Crippen LogP contribution is -2.07. The zero-order valence-corrected chi connectivity index (χ0v) is 6.87. The predicted octanol–water partition coefficient (Wildman–Crippen LogP) is 2.30. The van der Waals surface area contributed by atoms with Gasteiger partial charge in [0.05, 0.1) is 5.56 Å². The third-order valence-electron chi connectivity index (χ3n) is 1.43. The number of hydrogen-bond donors (Lipinski definition) is 1. The maximum atomic E-state index is 12.1. The molecule has 0 aliphatic carbocycles. The van der Waals surface area contributed by atoms with Crippen LogP contribution in [0.3, 0.4) is 0 Å². The van der Waals surface area contributed by atoms with Gasteiger partial charge in [-0.3, -0.25) is 0 Å². The highest BCUT2D eigenvalue weighted by Gasteiger charge is 2.33. The molecule has 0 atom stereocenters. The molecule has 0 unspecified atom stereocenters. The van der Waals surface area contributed by atoms with Crippen molar-refractivity contribution in [1.29, 1.82) is 0 Å². The summed E-state index contributed by atoms with van der Waals surface area (Å²) in [5.41, 5.74) is -0.448. The first-order valence-corrected chi connectivity index (χ1v) is 4.23. The minimum absolute atomic E-state index is 0.0678. The number of alkyl halides is 3. The van der Waals surface area contributed by atoms with Crippen molar-refractivity contribution in [2.45, 2.75) is 12.6 Å². The highest BCUT2D eigenvalue weighted by Crippen LogP contribution is 2.34. The maximum absolute atomic E-state index is 12.1. The molecular formula is C7H7F3OS. The molecule has 0 saturated carbocycles. The first kappa shape index (κ1) is 9.54. The first-order chi connectivity index (χ1) is 5.55. The van der Waals surface area contributed by atoms with Crippen molar-refractivity contribution < 1.29 is 18.3 Å². The van der Waals surface area contributed by atoms with Crippen LogP contribution < -0.4 is 0 Å². The summed E-state index contributed by atoms with van der Waals surface area (Å²) in [7, 11) is 0. The van der Waals surface area contributed by atoms with Gasteiger partial charge < -0.3 is 5.11 Å². The molecular weight excluding hydrogens is 189 g/mol. The lowest BCUT2D eigenvalue weighted by molar-refractivity contribution is -0.137. The van der Waals surface area contributed by atoms with Gasteiger partial charge in [-0.2, -0.15) is 24.5 Å². The molecule has 1 aromatic heterocycles. The Hall–Kier alpha value is -0.550. The number of thiophene rings is 1. The van der Waals surface area contributed by atoms with Gasteiger partial charge in [-0.1, -0.05) is 0 Å². The molecule has 0 aliphatic heterocycles. The fraction of sp³-hybridized carbons (Fsp3) is 0.429. The molecule has 0 amide bonds. The molecule has 1 nitrogen and oxygen atoms in total. The second-order valence-electron chi connectivity index (χ2n) is 2.28. The molecule has 1 N–H and O–H groups in total. The van der Waals surface area contributed by atoms with Gasteiger partial charge in [-0.05, 0) is 17.4 Å². The Kier molecular flexibility index (Phi) is 2.74. The Morgan fingerprint density at radius 1 is 1.33 bits per heavy atom. The fourth-order valence-electron chi connectivity index (χ4n) is 0.886. The zero-order chi connectivity index (χ0) is 9.19. The molecule has 68 valence electrons. The largest absolute Gasteiger partial charge is 0.417 e. The third-order valence-corrected chi connectivity index (χ3v) is 2.22. The van der Waals surface area contributed by atoms with Crippen molar-refractivity contribution in [3.8, 4) is 0 Å². The van der Waals surface area contributed by atoms with Crippen LogP contribution in [0.25, 0.3) is 0 Å². The third kappa shape index (κ3) is 1.98. The average molecular weight is 196 g/mol. The van der Waals surface area contributed by atoms with E-state index in [1.807, 2.05) is 0 Å². The summed E-state index contributed by atoms with van der Waals surface area (Å²) in [6.07, 6.45) is -4.22.